The third-order valence-electron chi connectivity index (χ3n) is 2.07. The van der Waals surface area contributed by atoms with E-state index in [-0.39, 0.29) is 5.60 Å². The molecule has 2 rings (SSSR count). The van der Waals surface area contributed by atoms with Crippen LogP contribution in [0.4, 0.5) is 0 Å². The molecule has 16 heavy (non-hydrogen) atoms. The number of ether oxygens (including phenoxy) is 1. The summed E-state index contributed by atoms with van der Waals surface area (Å²) < 4.78 is 5.81. The summed E-state index contributed by atoms with van der Waals surface area (Å²) in [7, 11) is 0. The van der Waals surface area contributed by atoms with Gasteiger partial charge in [0, 0.05) is 5.56 Å². The highest BCUT2D eigenvalue weighted by Crippen LogP contribution is 2.24. The highest BCUT2D eigenvalue weighted by molar-refractivity contribution is 5.60. The Morgan fingerprint density at radius 3 is 2.69 bits per heavy atom. The molecule has 0 amide bonds. The van der Waals surface area contributed by atoms with Crippen LogP contribution in [0.2, 0.25) is 0 Å². The van der Waals surface area contributed by atoms with E-state index in [4.69, 9.17) is 4.74 Å². The van der Waals surface area contributed by atoms with Gasteiger partial charge in [-0.15, -0.1) is 0 Å². The van der Waals surface area contributed by atoms with Crippen LogP contribution in [0.25, 0.3) is 11.3 Å². The summed E-state index contributed by atoms with van der Waals surface area (Å²) in [6.07, 6.45) is 3.48. The van der Waals surface area contributed by atoms with E-state index in [2.05, 4.69) is 9.97 Å². The first-order valence-corrected chi connectivity index (χ1v) is 5.32. The summed E-state index contributed by atoms with van der Waals surface area (Å²) in [4.78, 5) is 7.08. The maximum absolute atomic E-state index is 5.81. The largest absolute Gasteiger partial charge is 0.488 e. The van der Waals surface area contributed by atoms with Gasteiger partial charge in [0.25, 0.3) is 0 Å². The van der Waals surface area contributed by atoms with Crippen LogP contribution in [0.5, 0.6) is 5.75 Å². The fourth-order valence-electron chi connectivity index (χ4n) is 1.49. The van der Waals surface area contributed by atoms with Crippen molar-refractivity contribution in [1.29, 1.82) is 0 Å². The van der Waals surface area contributed by atoms with E-state index >= 15 is 0 Å². The average Bonchev–Trinajstić information content (AvgIpc) is 2.68. The highest BCUT2D eigenvalue weighted by atomic mass is 16.5. The Kier molecular flexibility index (Phi) is 2.69. The van der Waals surface area contributed by atoms with Crippen molar-refractivity contribution in [3.05, 3.63) is 36.8 Å². The Balaban J connectivity index is 2.27. The highest BCUT2D eigenvalue weighted by Gasteiger charge is 2.12. The van der Waals surface area contributed by atoms with E-state index in [1.54, 1.807) is 12.5 Å². The van der Waals surface area contributed by atoms with Crippen molar-refractivity contribution in [3.63, 3.8) is 0 Å². The molecule has 0 spiro atoms. The van der Waals surface area contributed by atoms with E-state index < -0.39 is 0 Å². The van der Waals surface area contributed by atoms with E-state index in [1.165, 1.54) is 0 Å². The van der Waals surface area contributed by atoms with Gasteiger partial charge >= 0.3 is 0 Å². The van der Waals surface area contributed by atoms with Gasteiger partial charge in [-0.05, 0) is 32.9 Å². The number of imidazole rings is 1. The first-order valence-electron chi connectivity index (χ1n) is 5.32. The smallest absolute Gasteiger partial charge is 0.120 e. The van der Waals surface area contributed by atoms with Gasteiger partial charge in [-0.25, -0.2) is 4.98 Å². The zero-order valence-electron chi connectivity index (χ0n) is 9.82. The van der Waals surface area contributed by atoms with Gasteiger partial charge < -0.3 is 9.72 Å². The number of H-pyrrole nitrogens is 1. The van der Waals surface area contributed by atoms with Crippen molar-refractivity contribution in [2.24, 2.45) is 0 Å². The molecule has 3 nitrogen and oxygen atoms in total. The number of aromatic nitrogens is 2. The fourth-order valence-corrected chi connectivity index (χ4v) is 1.49. The minimum atomic E-state index is -0.174. The van der Waals surface area contributed by atoms with E-state index in [0.717, 1.165) is 17.0 Å². The molecule has 0 bridgehead atoms. The lowest BCUT2D eigenvalue weighted by atomic mass is 10.1. The van der Waals surface area contributed by atoms with Gasteiger partial charge in [-0.3, -0.25) is 0 Å². The molecule has 0 radical (unpaired) electrons. The molecule has 0 saturated carbocycles. The third kappa shape index (κ3) is 2.63. The molecule has 1 heterocycles. The Hall–Kier alpha value is -1.77. The van der Waals surface area contributed by atoms with Gasteiger partial charge in [0.2, 0.25) is 0 Å². The van der Waals surface area contributed by atoms with Crippen LogP contribution in [0, 0.1) is 0 Å². The zero-order valence-corrected chi connectivity index (χ0v) is 9.82. The van der Waals surface area contributed by atoms with Crippen molar-refractivity contribution >= 4 is 0 Å². The topological polar surface area (TPSA) is 37.9 Å². The van der Waals surface area contributed by atoms with E-state index in [0.29, 0.717) is 0 Å². The van der Waals surface area contributed by atoms with Gasteiger partial charge in [0.1, 0.15) is 11.4 Å². The average molecular weight is 216 g/mol. The Morgan fingerprint density at radius 2 is 2.06 bits per heavy atom. The molecule has 2 aromatic rings. The third-order valence-corrected chi connectivity index (χ3v) is 2.07. The van der Waals surface area contributed by atoms with Crippen LogP contribution in [-0.2, 0) is 0 Å². The standard InChI is InChI=1S/C13H16N2O/c1-13(2,3)16-11-6-4-5-10(7-11)12-8-14-9-15-12/h4-9H,1-3H3,(H,14,15). The van der Waals surface area contributed by atoms with Crippen LogP contribution >= 0.6 is 0 Å². The van der Waals surface area contributed by atoms with Crippen LogP contribution in [0.1, 0.15) is 20.8 Å². The molecule has 0 fully saturated rings. The lowest BCUT2D eigenvalue weighted by Crippen LogP contribution is -2.22. The summed E-state index contributed by atoms with van der Waals surface area (Å²) in [6.45, 7) is 6.11. The summed E-state index contributed by atoms with van der Waals surface area (Å²) in [5.41, 5.74) is 1.91. The van der Waals surface area contributed by atoms with Gasteiger partial charge in [-0.2, -0.15) is 0 Å². The van der Waals surface area contributed by atoms with E-state index in [1.807, 2.05) is 45.0 Å². The Labute approximate surface area is 95.5 Å². The number of benzene rings is 1. The number of nitrogens with one attached hydrogen (secondary N) is 1. The Bertz CT molecular complexity index is 455. The molecular formula is C13H16N2O. The second-order valence-electron chi connectivity index (χ2n) is 4.71. The first-order chi connectivity index (χ1) is 7.54. The second kappa shape index (κ2) is 4.00. The molecule has 1 N–H and O–H groups in total. The monoisotopic (exact) mass is 216 g/mol. The van der Waals surface area contributed by atoms with Gasteiger partial charge in [-0.1, -0.05) is 12.1 Å². The molecule has 0 aliphatic heterocycles. The predicted octanol–water partition coefficient (Wildman–Crippen LogP) is 3.25. The summed E-state index contributed by atoms with van der Waals surface area (Å²) in [5, 5.41) is 0. The molecule has 1 aromatic heterocycles. The molecule has 0 unspecified atom stereocenters. The van der Waals surface area contributed by atoms with Crippen molar-refractivity contribution in [3.8, 4) is 17.0 Å². The van der Waals surface area contributed by atoms with Crippen LogP contribution in [0.15, 0.2) is 36.8 Å². The van der Waals surface area contributed by atoms with Crippen LogP contribution < -0.4 is 4.74 Å². The number of hydrogen-bond donors (Lipinski definition) is 1. The van der Waals surface area contributed by atoms with Crippen molar-refractivity contribution < 1.29 is 4.74 Å². The number of aromatic amines is 1. The predicted molar refractivity (Wildman–Crippen MR) is 64.4 cm³/mol. The quantitative estimate of drug-likeness (QED) is 0.836. The Morgan fingerprint density at radius 1 is 1.25 bits per heavy atom. The van der Waals surface area contributed by atoms with Crippen molar-refractivity contribution in [2.45, 2.75) is 26.4 Å². The summed E-state index contributed by atoms with van der Waals surface area (Å²) in [5.74, 6) is 0.875. The minimum absolute atomic E-state index is 0.174. The SMILES string of the molecule is CC(C)(C)Oc1cccc(-c2cnc[nH]2)c1. The molecule has 0 aliphatic rings. The van der Waals surface area contributed by atoms with Crippen LogP contribution in [-0.4, -0.2) is 15.6 Å². The second-order valence-corrected chi connectivity index (χ2v) is 4.71. The number of hydrogen-bond acceptors (Lipinski definition) is 2. The molecular weight excluding hydrogens is 200 g/mol. The lowest BCUT2D eigenvalue weighted by molar-refractivity contribution is 0.131. The molecule has 3 heteroatoms. The molecule has 0 aliphatic carbocycles. The maximum Gasteiger partial charge on any atom is 0.120 e. The molecule has 0 atom stereocenters. The van der Waals surface area contributed by atoms with Crippen molar-refractivity contribution in [1.82, 2.24) is 9.97 Å². The number of nitrogens with zero attached hydrogens (tertiary/aromatic N) is 1. The molecule has 1 aromatic carbocycles. The number of rotatable bonds is 2. The lowest BCUT2D eigenvalue weighted by Gasteiger charge is -2.21. The van der Waals surface area contributed by atoms with Crippen LogP contribution in [0.3, 0.4) is 0 Å². The van der Waals surface area contributed by atoms with Gasteiger partial charge in [0.05, 0.1) is 18.2 Å². The van der Waals surface area contributed by atoms with Gasteiger partial charge in [0.15, 0.2) is 0 Å². The van der Waals surface area contributed by atoms with Crippen molar-refractivity contribution in [2.75, 3.05) is 0 Å². The zero-order chi connectivity index (χ0) is 11.6. The summed E-state index contributed by atoms with van der Waals surface area (Å²) in [6, 6.07) is 7.99. The molecule has 0 saturated heterocycles. The minimum Gasteiger partial charge on any atom is -0.488 e. The maximum atomic E-state index is 5.81. The normalized spacial score (nSPS) is 11.4. The van der Waals surface area contributed by atoms with E-state index in [9.17, 15) is 0 Å². The summed E-state index contributed by atoms with van der Waals surface area (Å²) >= 11 is 0. The molecule has 84 valence electrons. The first kappa shape index (κ1) is 10.7. The fraction of sp³-hybridized carbons (Fsp3) is 0.308.